The summed E-state index contributed by atoms with van der Waals surface area (Å²) >= 11 is 0. The van der Waals surface area contributed by atoms with Crippen LogP contribution in [0.1, 0.15) is 55.8 Å². The van der Waals surface area contributed by atoms with Gasteiger partial charge in [-0.15, -0.1) is 0 Å². The molecule has 0 unspecified atom stereocenters. The summed E-state index contributed by atoms with van der Waals surface area (Å²) in [4.78, 5) is 40.7. The number of hydrogen-bond acceptors (Lipinski definition) is 6. The number of carbonyl (C=O) groups is 3. The molecule has 0 atom stereocenters. The zero-order valence-corrected chi connectivity index (χ0v) is 16.6. The summed E-state index contributed by atoms with van der Waals surface area (Å²) in [5.41, 5.74) is -0.0436. The van der Waals surface area contributed by atoms with Crippen LogP contribution in [0.15, 0.2) is 18.3 Å². The van der Waals surface area contributed by atoms with Gasteiger partial charge in [-0.1, -0.05) is 0 Å². The first-order valence-corrected chi connectivity index (χ1v) is 10.3. The van der Waals surface area contributed by atoms with E-state index < -0.39 is 24.5 Å². The molecule has 4 saturated carbocycles. The van der Waals surface area contributed by atoms with Crippen molar-refractivity contribution < 1.29 is 23.9 Å². The molecule has 156 valence electrons. The normalized spacial score (nSPS) is 29.2. The molecular formula is C21H27N3O5. The van der Waals surface area contributed by atoms with Crippen LogP contribution in [0.4, 0.5) is 4.79 Å². The third-order valence-electron chi connectivity index (χ3n) is 6.28. The van der Waals surface area contributed by atoms with E-state index in [0.717, 1.165) is 19.3 Å². The predicted octanol–water partition coefficient (Wildman–Crippen LogP) is 2.43. The molecule has 2 N–H and O–H groups in total. The Hall–Kier alpha value is -2.64. The molecule has 1 aromatic heterocycles. The van der Waals surface area contributed by atoms with E-state index in [2.05, 4.69) is 15.6 Å². The van der Waals surface area contributed by atoms with Crippen molar-refractivity contribution in [2.24, 2.45) is 17.8 Å². The molecule has 5 rings (SSSR count). The van der Waals surface area contributed by atoms with Crippen molar-refractivity contribution in [1.29, 1.82) is 0 Å². The van der Waals surface area contributed by atoms with Crippen LogP contribution in [0.25, 0.3) is 0 Å². The topological polar surface area (TPSA) is 107 Å². The second-order valence-corrected chi connectivity index (χ2v) is 8.57. The van der Waals surface area contributed by atoms with Crippen molar-refractivity contribution in [1.82, 2.24) is 15.6 Å². The second-order valence-electron chi connectivity index (χ2n) is 8.57. The van der Waals surface area contributed by atoms with Crippen molar-refractivity contribution in [2.45, 2.75) is 51.0 Å². The number of urea groups is 1. The molecule has 4 aliphatic rings. The van der Waals surface area contributed by atoms with Crippen molar-refractivity contribution in [2.75, 3.05) is 13.2 Å². The molecule has 8 nitrogen and oxygen atoms in total. The van der Waals surface area contributed by atoms with Gasteiger partial charge in [0.25, 0.3) is 5.91 Å². The zero-order valence-electron chi connectivity index (χ0n) is 16.6. The summed E-state index contributed by atoms with van der Waals surface area (Å²) in [6.45, 7) is 1.58. The summed E-state index contributed by atoms with van der Waals surface area (Å²) in [6, 6.07) is 2.58. The molecule has 0 aliphatic heterocycles. The first kappa shape index (κ1) is 19.7. The number of amides is 3. The van der Waals surface area contributed by atoms with Gasteiger partial charge in [-0.2, -0.15) is 0 Å². The van der Waals surface area contributed by atoms with Crippen LogP contribution in [-0.4, -0.2) is 41.6 Å². The summed E-state index contributed by atoms with van der Waals surface area (Å²) in [6.07, 6.45) is 8.31. The van der Waals surface area contributed by atoms with Crippen LogP contribution < -0.4 is 15.4 Å². The van der Waals surface area contributed by atoms with Crippen LogP contribution in [0.2, 0.25) is 0 Å². The standard InChI is InChI=1S/C21H27N3O5/c1-2-28-18-16(4-3-5-22-18)19(26)29-12-17(25)23-20(27)24-21-9-13-6-14(10-21)8-15(7-13)11-21/h3-5,13-15H,2,6-12H2,1H3,(H2,23,24,25,27). The maximum absolute atomic E-state index is 12.4. The Labute approximate surface area is 169 Å². The highest BCUT2D eigenvalue weighted by atomic mass is 16.5. The maximum atomic E-state index is 12.4. The highest BCUT2D eigenvalue weighted by Crippen LogP contribution is 2.55. The Kier molecular flexibility index (Phi) is 5.43. The van der Waals surface area contributed by atoms with Gasteiger partial charge in [-0.05, 0) is 75.3 Å². The highest BCUT2D eigenvalue weighted by molar-refractivity contribution is 5.97. The van der Waals surface area contributed by atoms with Crippen LogP contribution in [0.3, 0.4) is 0 Å². The molecule has 1 heterocycles. The molecule has 0 radical (unpaired) electrons. The molecule has 0 aromatic carbocycles. The lowest BCUT2D eigenvalue weighted by Gasteiger charge is -2.56. The number of hydrogen-bond donors (Lipinski definition) is 2. The van der Waals surface area contributed by atoms with Crippen LogP contribution in [0, 0.1) is 17.8 Å². The highest BCUT2D eigenvalue weighted by Gasteiger charge is 2.51. The average Bonchev–Trinajstić information content (AvgIpc) is 2.65. The van der Waals surface area contributed by atoms with Gasteiger partial charge in [-0.3, -0.25) is 10.1 Å². The van der Waals surface area contributed by atoms with Crippen LogP contribution in [-0.2, 0) is 9.53 Å². The SMILES string of the molecule is CCOc1ncccc1C(=O)OCC(=O)NC(=O)NC12CC3CC(CC(C3)C1)C2. The van der Waals surface area contributed by atoms with E-state index in [4.69, 9.17) is 9.47 Å². The zero-order chi connectivity index (χ0) is 20.4. The van der Waals surface area contributed by atoms with Gasteiger partial charge >= 0.3 is 12.0 Å². The molecule has 8 heteroatoms. The van der Waals surface area contributed by atoms with Gasteiger partial charge in [-0.25, -0.2) is 14.6 Å². The number of carbonyl (C=O) groups excluding carboxylic acids is 3. The van der Waals surface area contributed by atoms with Crippen molar-refractivity contribution >= 4 is 17.9 Å². The van der Waals surface area contributed by atoms with Crippen molar-refractivity contribution in [3.63, 3.8) is 0 Å². The molecule has 4 aliphatic carbocycles. The summed E-state index contributed by atoms with van der Waals surface area (Å²) in [7, 11) is 0. The lowest BCUT2D eigenvalue weighted by molar-refractivity contribution is -0.123. The Morgan fingerprint density at radius 3 is 2.41 bits per heavy atom. The molecule has 29 heavy (non-hydrogen) atoms. The lowest BCUT2D eigenvalue weighted by Crippen LogP contribution is -2.62. The monoisotopic (exact) mass is 401 g/mol. The minimum atomic E-state index is -0.724. The lowest BCUT2D eigenvalue weighted by atomic mass is 9.53. The number of nitrogens with zero attached hydrogens (tertiary/aromatic N) is 1. The van der Waals surface area contributed by atoms with Gasteiger partial charge < -0.3 is 14.8 Å². The first-order chi connectivity index (χ1) is 14.0. The molecule has 0 spiro atoms. The van der Waals surface area contributed by atoms with E-state index in [-0.39, 0.29) is 17.0 Å². The Morgan fingerprint density at radius 1 is 1.14 bits per heavy atom. The molecule has 4 fully saturated rings. The fraction of sp³-hybridized carbons (Fsp3) is 0.619. The van der Waals surface area contributed by atoms with Gasteiger partial charge in [0.2, 0.25) is 5.88 Å². The van der Waals surface area contributed by atoms with Crippen molar-refractivity contribution in [3.8, 4) is 5.88 Å². The van der Waals surface area contributed by atoms with Crippen molar-refractivity contribution in [3.05, 3.63) is 23.9 Å². The Bertz CT molecular complexity index is 774. The van der Waals surface area contributed by atoms with Gasteiger partial charge in [0, 0.05) is 11.7 Å². The largest absolute Gasteiger partial charge is 0.477 e. The fourth-order valence-corrected chi connectivity index (χ4v) is 5.71. The fourth-order valence-electron chi connectivity index (χ4n) is 5.71. The maximum Gasteiger partial charge on any atom is 0.344 e. The number of ether oxygens (including phenoxy) is 2. The summed E-state index contributed by atoms with van der Waals surface area (Å²) in [5.74, 6) is 0.840. The van der Waals surface area contributed by atoms with E-state index >= 15 is 0 Å². The number of pyridine rings is 1. The third-order valence-corrected chi connectivity index (χ3v) is 6.28. The second kappa shape index (κ2) is 8.00. The molecule has 0 saturated heterocycles. The van der Waals surface area contributed by atoms with E-state index in [9.17, 15) is 14.4 Å². The van der Waals surface area contributed by atoms with Crippen LogP contribution in [0.5, 0.6) is 5.88 Å². The average molecular weight is 401 g/mol. The summed E-state index contributed by atoms with van der Waals surface area (Å²) in [5, 5.41) is 5.35. The number of imide groups is 1. The Balaban J connectivity index is 1.27. The van der Waals surface area contributed by atoms with Gasteiger partial charge in [0.05, 0.1) is 6.61 Å². The first-order valence-electron chi connectivity index (χ1n) is 10.3. The number of aromatic nitrogens is 1. The van der Waals surface area contributed by atoms with E-state index in [0.29, 0.717) is 24.4 Å². The predicted molar refractivity (Wildman–Crippen MR) is 103 cm³/mol. The minimum Gasteiger partial charge on any atom is -0.477 e. The van der Waals surface area contributed by atoms with Gasteiger partial charge in [0.1, 0.15) is 5.56 Å². The minimum absolute atomic E-state index is 0.139. The summed E-state index contributed by atoms with van der Waals surface area (Å²) < 4.78 is 10.3. The number of rotatable bonds is 6. The number of esters is 1. The molecule has 1 aromatic rings. The molecule has 3 amide bonds. The third kappa shape index (κ3) is 4.36. The smallest absolute Gasteiger partial charge is 0.344 e. The number of nitrogens with one attached hydrogen (secondary N) is 2. The van der Waals surface area contributed by atoms with E-state index in [1.807, 2.05) is 0 Å². The van der Waals surface area contributed by atoms with Gasteiger partial charge in [0.15, 0.2) is 6.61 Å². The van der Waals surface area contributed by atoms with E-state index in [1.54, 1.807) is 13.0 Å². The quantitative estimate of drug-likeness (QED) is 0.709. The Morgan fingerprint density at radius 2 is 1.79 bits per heavy atom. The molecular weight excluding hydrogens is 374 g/mol. The molecule has 4 bridgehead atoms. The van der Waals surface area contributed by atoms with E-state index in [1.165, 1.54) is 31.5 Å². The van der Waals surface area contributed by atoms with Crippen LogP contribution >= 0.6 is 0 Å².